The Balaban J connectivity index is 1.58. The maximum absolute atomic E-state index is 12.9. The molecule has 1 saturated carbocycles. The van der Waals surface area contributed by atoms with E-state index in [0.717, 1.165) is 54.6 Å². The number of hydrogen-bond acceptors (Lipinski definition) is 14. The van der Waals surface area contributed by atoms with Crippen LogP contribution in [0.15, 0.2) is 72.8 Å². The van der Waals surface area contributed by atoms with E-state index >= 15 is 0 Å². The van der Waals surface area contributed by atoms with Crippen LogP contribution < -0.4 is 0 Å². The molecule has 3 aromatic carbocycles. The topological polar surface area (TPSA) is 258 Å². The van der Waals surface area contributed by atoms with Gasteiger partial charge in [0.15, 0.2) is 40.6 Å². The largest absolute Gasteiger partial charge is 0.504 e. The zero-order valence-corrected chi connectivity index (χ0v) is 25.2. The minimum atomic E-state index is -2.49. The Kier molecular flexibility index (Phi) is 10.8. The van der Waals surface area contributed by atoms with Gasteiger partial charge in [-0.3, -0.25) is 0 Å². The van der Waals surface area contributed by atoms with E-state index in [2.05, 4.69) is 0 Å². The van der Waals surface area contributed by atoms with Crippen LogP contribution in [-0.4, -0.2) is 88.6 Å². The Bertz CT molecular complexity index is 1840. The maximum Gasteiger partial charge on any atom is 0.348 e. The molecule has 15 heteroatoms. The molecule has 0 bridgehead atoms. The van der Waals surface area contributed by atoms with Gasteiger partial charge < -0.3 is 55.1 Å². The van der Waals surface area contributed by atoms with Gasteiger partial charge in [-0.1, -0.05) is 18.2 Å². The number of aliphatic hydroxyl groups excluding tert-OH is 1. The zero-order chi connectivity index (χ0) is 35.9. The van der Waals surface area contributed by atoms with E-state index in [9.17, 15) is 60.0 Å². The first-order valence-electron chi connectivity index (χ1n) is 14.3. The predicted octanol–water partition coefficient (Wildman–Crippen LogP) is 2.71. The van der Waals surface area contributed by atoms with Gasteiger partial charge in [0.1, 0.15) is 6.10 Å². The van der Waals surface area contributed by atoms with Crippen molar-refractivity contribution >= 4 is 42.1 Å². The summed E-state index contributed by atoms with van der Waals surface area (Å²) in [6.07, 6.45) is -0.646. The molecule has 0 spiro atoms. The second-order valence-electron chi connectivity index (χ2n) is 10.8. The Morgan fingerprint density at radius 1 is 0.592 bits per heavy atom. The number of aromatic hydroxyl groups is 6. The molecule has 0 radical (unpaired) electrons. The molecule has 1 aliphatic rings. The fourth-order valence-corrected chi connectivity index (χ4v) is 4.80. The van der Waals surface area contributed by atoms with Crippen molar-refractivity contribution in [2.24, 2.45) is 0 Å². The third kappa shape index (κ3) is 9.08. The number of esters is 3. The molecular weight excluding hydrogens is 648 g/mol. The highest BCUT2D eigenvalue weighted by Gasteiger charge is 2.56. The molecule has 49 heavy (non-hydrogen) atoms. The lowest BCUT2D eigenvalue weighted by atomic mass is 9.79. The number of phenolic OH excluding ortho intramolecular Hbond substituents is 6. The standard InChI is InChI=1S/C34H30O15/c35-21-7-1-18(13-24(21)38)4-10-29(42)47-28-17-34(33(45)46,49-31(44)12-6-20-3-9-23(37)26(40)15-20)16-27(41)32(28)48-30(43)11-5-19-2-8-22(36)25(39)14-19/h1-15,27-28,32,35-41H,16-17H2,(H,45,46)/t27-,28-,32-,34+/m1/s1. The Labute approximate surface area is 277 Å². The van der Waals surface area contributed by atoms with Crippen molar-refractivity contribution in [3.05, 3.63) is 89.5 Å². The van der Waals surface area contributed by atoms with Crippen molar-refractivity contribution in [2.75, 3.05) is 0 Å². The van der Waals surface area contributed by atoms with Crippen molar-refractivity contribution in [3.8, 4) is 34.5 Å². The molecule has 0 aliphatic heterocycles. The van der Waals surface area contributed by atoms with Gasteiger partial charge >= 0.3 is 23.9 Å². The Morgan fingerprint density at radius 2 is 1.00 bits per heavy atom. The van der Waals surface area contributed by atoms with Crippen molar-refractivity contribution in [1.29, 1.82) is 0 Å². The minimum absolute atomic E-state index is 0.239. The highest BCUT2D eigenvalue weighted by Crippen LogP contribution is 2.37. The Hall–Kier alpha value is -6.48. The number of carbonyl (C=O) groups excluding carboxylic acids is 3. The van der Waals surface area contributed by atoms with Gasteiger partial charge in [0.25, 0.3) is 0 Å². The molecule has 15 nitrogen and oxygen atoms in total. The average molecular weight is 679 g/mol. The van der Waals surface area contributed by atoms with Crippen LogP contribution in [0.2, 0.25) is 0 Å². The molecule has 1 fully saturated rings. The summed E-state index contributed by atoms with van der Waals surface area (Å²) in [5.41, 5.74) is -1.72. The molecule has 1 aliphatic carbocycles. The van der Waals surface area contributed by atoms with Gasteiger partial charge in [-0.25, -0.2) is 19.2 Å². The first-order valence-corrected chi connectivity index (χ1v) is 14.3. The summed E-state index contributed by atoms with van der Waals surface area (Å²) < 4.78 is 16.0. The number of ether oxygens (including phenoxy) is 3. The fraction of sp³-hybridized carbons (Fsp3) is 0.176. The predicted molar refractivity (Wildman–Crippen MR) is 168 cm³/mol. The lowest BCUT2D eigenvalue weighted by Crippen LogP contribution is -2.59. The van der Waals surface area contributed by atoms with E-state index in [1.54, 1.807) is 0 Å². The molecule has 0 aromatic heterocycles. The number of hydrogen-bond donors (Lipinski definition) is 8. The van der Waals surface area contributed by atoms with Gasteiger partial charge in [0.05, 0.1) is 6.10 Å². The monoisotopic (exact) mass is 678 g/mol. The smallest absolute Gasteiger partial charge is 0.348 e. The second kappa shape index (κ2) is 15.0. The van der Waals surface area contributed by atoms with Crippen LogP contribution in [0, 0.1) is 0 Å². The van der Waals surface area contributed by atoms with Crippen LogP contribution in [-0.2, 0) is 33.4 Å². The molecule has 0 unspecified atom stereocenters. The van der Waals surface area contributed by atoms with Crippen molar-refractivity contribution in [2.45, 2.75) is 36.8 Å². The number of carboxylic acids is 1. The molecule has 0 amide bonds. The van der Waals surface area contributed by atoms with E-state index in [4.69, 9.17) is 14.2 Å². The zero-order valence-electron chi connectivity index (χ0n) is 25.2. The van der Waals surface area contributed by atoms with Crippen molar-refractivity contribution in [1.82, 2.24) is 0 Å². The fourth-order valence-electron chi connectivity index (χ4n) is 4.80. The number of rotatable bonds is 10. The van der Waals surface area contributed by atoms with E-state index < -0.39 is 95.1 Å². The maximum atomic E-state index is 12.9. The Morgan fingerprint density at radius 3 is 1.41 bits per heavy atom. The van der Waals surface area contributed by atoms with Crippen LogP contribution in [0.5, 0.6) is 34.5 Å². The lowest BCUT2D eigenvalue weighted by molar-refractivity contribution is -0.213. The summed E-state index contributed by atoms with van der Waals surface area (Å²) in [5, 5.41) is 78.7. The number of phenols is 6. The normalized spacial score (nSPS) is 20.7. The first kappa shape index (κ1) is 35.4. The molecule has 4 atom stereocenters. The van der Waals surface area contributed by atoms with Gasteiger partial charge in [-0.15, -0.1) is 0 Å². The summed E-state index contributed by atoms with van der Waals surface area (Å²) >= 11 is 0. The summed E-state index contributed by atoms with van der Waals surface area (Å²) in [6, 6.07) is 11.0. The summed E-state index contributed by atoms with van der Waals surface area (Å²) in [5.74, 6) is -7.75. The van der Waals surface area contributed by atoms with Gasteiger partial charge in [-0.05, 0) is 71.3 Å². The third-order valence-corrected chi connectivity index (χ3v) is 7.25. The number of carboxylic acid groups (broad SMARTS) is 1. The van der Waals surface area contributed by atoms with Crippen molar-refractivity contribution < 1.29 is 74.2 Å². The van der Waals surface area contributed by atoms with Gasteiger partial charge in [0, 0.05) is 31.1 Å². The van der Waals surface area contributed by atoms with E-state index in [-0.39, 0.29) is 16.7 Å². The van der Waals surface area contributed by atoms with Crippen LogP contribution in [0.3, 0.4) is 0 Å². The molecule has 256 valence electrons. The van der Waals surface area contributed by atoms with Gasteiger partial charge in [-0.2, -0.15) is 0 Å². The highest BCUT2D eigenvalue weighted by molar-refractivity contribution is 5.91. The highest BCUT2D eigenvalue weighted by atomic mass is 16.6. The number of benzene rings is 3. The average Bonchev–Trinajstić information content (AvgIpc) is 3.04. The number of carbonyl (C=O) groups is 4. The van der Waals surface area contributed by atoms with E-state index in [1.807, 2.05) is 0 Å². The number of aliphatic hydroxyl groups is 1. The molecule has 8 N–H and O–H groups in total. The molecule has 0 saturated heterocycles. The van der Waals surface area contributed by atoms with Crippen LogP contribution in [0.4, 0.5) is 0 Å². The summed E-state index contributed by atoms with van der Waals surface area (Å²) in [4.78, 5) is 50.9. The van der Waals surface area contributed by atoms with Crippen LogP contribution in [0.25, 0.3) is 18.2 Å². The van der Waals surface area contributed by atoms with Gasteiger partial charge in [0.2, 0.25) is 5.60 Å². The molecule has 0 heterocycles. The summed E-state index contributed by atoms with van der Waals surface area (Å²) in [6.45, 7) is 0. The molecule has 4 rings (SSSR count). The van der Waals surface area contributed by atoms with Crippen LogP contribution in [0.1, 0.15) is 29.5 Å². The van der Waals surface area contributed by atoms with E-state index in [1.165, 1.54) is 36.4 Å². The van der Waals surface area contributed by atoms with Crippen LogP contribution >= 0.6 is 0 Å². The third-order valence-electron chi connectivity index (χ3n) is 7.25. The summed E-state index contributed by atoms with van der Waals surface area (Å²) in [7, 11) is 0. The SMILES string of the molecule is O=C(C=Cc1ccc(O)c(O)c1)O[C@@H]1[C@H](O)C[C@@](OC(=O)C=Cc2ccc(O)c(O)c2)(C(=O)O)C[C@H]1OC(=O)C=Cc1ccc(O)c(O)c1. The molecular formula is C34H30O15. The second-order valence-corrected chi connectivity index (χ2v) is 10.8. The first-order chi connectivity index (χ1) is 23.2. The van der Waals surface area contributed by atoms with Crippen molar-refractivity contribution in [3.63, 3.8) is 0 Å². The number of aliphatic carboxylic acids is 1. The minimum Gasteiger partial charge on any atom is -0.504 e. The lowest BCUT2D eigenvalue weighted by Gasteiger charge is -2.42. The molecule has 3 aromatic rings. The van der Waals surface area contributed by atoms with E-state index in [0.29, 0.717) is 0 Å². The quantitative estimate of drug-likeness (QED) is 0.0664.